The topological polar surface area (TPSA) is 60.9 Å². The Bertz CT molecular complexity index is 436. The van der Waals surface area contributed by atoms with Crippen LogP contribution in [0.2, 0.25) is 0 Å². The van der Waals surface area contributed by atoms with Crippen molar-refractivity contribution in [2.24, 2.45) is 0 Å². The molecule has 5 nitrogen and oxygen atoms in total. The Kier molecular flexibility index (Phi) is 4.24. The molecule has 0 radical (unpaired) electrons. The number of amides is 2. The molecule has 7 heteroatoms. The van der Waals surface area contributed by atoms with Gasteiger partial charge in [0.2, 0.25) is 5.91 Å². The molecule has 1 N–H and O–H groups in total. The molecule has 0 aromatic rings. The molecule has 120 valence electrons. The van der Waals surface area contributed by atoms with Gasteiger partial charge in [-0.25, -0.2) is 0 Å². The summed E-state index contributed by atoms with van der Waals surface area (Å²) in [5.41, 5.74) is -2.29. The lowest BCUT2D eigenvalue weighted by Crippen LogP contribution is -2.60. The molecule has 1 aliphatic heterocycles. The van der Waals surface area contributed by atoms with E-state index in [1.807, 2.05) is 0 Å². The van der Waals surface area contributed by atoms with Gasteiger partial charge in [0, 0.05) is 20.6 Å². The van der Waals surface area contributed by atoms with Crippen LogP contribution in [0.15, 0.2) is 0 Å². The van der Waals surface area contributed by atoms with Crippen molar-refractivity contribution in [3.05, 3.63) is 0 Å². The predicted molar refractivity (Wildman–Crippen MR) is 71.8 cm³/mol. The standard InChI is InChI=1S/C14H22F2N2O3/c1-17-9-6-10(11(17)19)18(2)12(20)14(15,16)13(21)7-4-3-5-8-13/h10,21H,3-9H2,1-2H3. The number of alkyl halides is 2. The summed E-state index contributed by atoms with van der Waals surface area (Å²) >= 11 is 0. The van der Waals surface area contributed by atoms with Gasteiger partial charge in [-0.15, -0.1) is 0 Å². The number of likely N-dealkylation sites (N-methyl/N-ethyl adjacent to an activating group) is 2. The smallest absolute Gasteiger partial charge is 0.352 e. The number of aliphatic hydroxyl groups is 1. The Hall–Kier alpha value is -1.24. The minimum Gasteiger partial charge on any atom is -0.383 e. The number of rotatable bonds is 3. The van der Waals surface area contributed by atoms with Crippen LogP contribution in [0, 0.1) is 0 Å². The van der Waals surface area contributed by atoms with Gasteiger partial charge in [0.25, 0.3) is 5.91 Å². The van der Waals surface area contributed by atoms with Gasteiger partial charge in [-0.2, -0.15) is 8.78 Å². The van der Waals surface area contributed by atoms with Crippen molar-refractivity contribution in [3.8, 4) is 0 Å². The van der Waals surface area contributed by atoms with E-state index in [-0.39, 0.29) is 18.7 Å². The number of carbonyl (C=O) groups excluding carboxylic acids is 2. The van der Waals surface area contributed by atoms with Crippen molar-refractivity contribution in [3.63, 3.8) is 0 Å². The van der Waals surface area contributed by atoms with Crippen LogP contribution in [0.25, 0.3) is 0 Å². The van der Waals surface area contributed by atoms with Crippen LogP contribution >= 0.6 is 0 Å². The molecule has 1 saturated heterocycles. The maximum Gasteiger partial charge on any atom is 0.352 e. The molecule has 2 amide bonds. The summed E-state index contributed by atoms with van der Waals surface area (Å²) in [6, 6.07) is -0.861. The summed E-state index contributed by atoms with van der Waals surface area (Å²) in [5, 5.41) is 10.2. The fourth-order valence-corrected chi connectivity index (χ4v) is 3.18. The maximum absolute atomic E-state index is 14.4. The molecule has 1 atom stereocenters. The highest BCUT2D eigenvalue weighted by atomic mass is 19.3. The number of carbonyl (C=O) groups is 2. The highest BCUT2D eigenvalue weighted by Crippen LogP contribution is 2.41. The lowest BCUT2D eigenvalue weighted by molar-refractivity contribution is -0.210. The predicted octanol–water partition coefficient (Wildman–Crippen LogP) is 1.01. The molecular weight excluding hydrogens is 282 g/mol. The van der Waals surface area contributed by atoms with Crippen molar-refractivity contribution < 1.29 is 23.5 Å². The summed E-state index contributed by atoms with van der Waals surface area (Å²) in [5.74, 6) is -5.65. The van der Waals surface area contributed by atoms with Crippen molar-refractivity contribution in [2.75, 3.05) is 20.6 Å². The van der Waals surface area contributed by atoms with Crippen LogP contribution in [-0.2, 0) is 9.59 Å². The number of halogens is 2. The SMILES string of the molecule is CN1CCC(N(C)C(=O)C(F)(F)C2(O)CCCCC2)C1=O. The number of hydrogen-bond acceptors (Lipinski definition) is 3. The number of likely N-dealkylation sites (tertiary alicyclic amines) is 1. The van der Waals surface area contributed by atoms with E-state index in [4.69, 9.17) is 0 Å². The maximum atomic E-state index is 14.4. The average molecular weight is 304 g/mol. The molecular formula is C14H22F2N2O3. The van der Waals surface area contributed by atoms with Crippen molar-refractivity contribution >= 4 is 11.8 Å². The van der Waals surface area contributed by atoms with Gasteiger partial charge in [-0.1, -0.05) is 19.3 Å². The molecule has 2 aliphatic rings. The van der Waals surface area contributed by atoms with E-state index in [2.05, 4.69) is 0 Å². The normalized spacial score (nSPS) is 26.0. The first kappa shape index (κ1) is 16.1. The summed E-state index contributed by atoms with van der Waals surface area (Å²) in [4.78, 5) is 26.2. The fourth-order valence-electron chi connectivity index (χ4n) is 3.18. The van der Waals surface area contributed by atoms with Gasteiger partial charge in [0.15, 0.2) is 0 Å². The molecule has 2 fully saturated rings. The van der Waals surface area contributed by atoms with Gasteiger partial charge >= 0.3 is 5.92 Å². The Morgan fingerprint density at radius 2 is 1.95 bits per heavy atom. The molecule has 1 heterocycles. The Labute approximate surface area is 122 Å². The monoisotopic (exact) mass is 304 g/mol. The zero-order chi connectivity index (χ0) is 15.8. The van der Waals surface area contributed by atoms with E-state index in [9.17, 15) is 23.5 Å². The van der Waals surface area contributed by atoms with Crippen LogP contribution in [0.1, 0.15) is 38.5 Å². The van der Waals surface area contributed by atoms with Crippen LogP contribution in [0.5, 0.6) is 0 Å². The van der Waals surface area contributed by atoms with Crippen LogP contribution in [0.4, 0.5) is 8.78 Å². The van der Waals surface area contributed by atoms with E-state index in [1.54, 1.807) is 7.05 Å². The zero-order valence-electron chi connectivity index (χ0n) is 12.4. The van der Waals surface area contributed by atoms with E-state index >= 15 is 0 Å². The lowest BCUT2D eigenvalue weighted by atomic mass is 9.79. The highest BCUT2D eigenvalue weighted by Gasteiger charge is 2.60. The zero-order valence-corrected chi connectivity index (χ0v) is 12.4. The number of hydrogen-bond donors (Lipinski definition) is 1. The molecule has 0 spiro atoms. The third-order valence-corrected chi connectivity index (χ3v) is 4.72. The summed E-state index contributed by atoms with van der Waals surface area (Å²) in [7, 11) is 2.79. The number of nitrogens with zero attached hydrogens (tertiary/aromatic N) is 2. The van der Waals surface area contributed by atoms with Crippen LogP contribution < -0.4 is 0 Å². The van der Waals surface area contributed by atoms with Crippen molar-refractivity contribution in [1.82, 2.24) is 9.80 Å². The third-order valence-electron chi connectivity index (χ3n) is 4.72. The van der Waals surface area contributed by atoms with E-state index in [1.165, 1.54) is 11.9 Å². The highest BCUT2D eigenvalue weighted by molar-refractivity contribution is 5.92. The first-order valence-electron chi connectivity index (χ1n) is 7.33. The third kappa shape index (κ3) is 2.63. The molecule has 0 aromatic heterocycles. The second-order valence-electron chi connectivity index (χ2n) is 6.15. The first-order valence-corrected chi connectivity index (χ1v) is 7.33. The first-order chi connectivity index (χ1) is 9.71. The van der Waals surface area contributed by atoms with Crippen LogP contribution in [0.3, 0.4) is 0 Å². The largest absolute Gasteiger partial charge is 0.383 e. The lowest BCUT2D eigenvalue weighted by Gasteiger charge is -2.39. The van der Waals surface area contributed by atoms with Gasteiger partial charge < -0.3 is 14.9 Å². The minimum atomic E-state index is -3.86. The van der Waals surface area contributed by atoms with E-state index in [0.717, 1.165) is 11.3 Å². The molecule has 1 saturated carbocycles. The Balaban J connectivity index is 2.15. The van der Waals surface area contributed by atoms with Gasteiger partial charge in [-0.05, 0) is 19.3 Å². The summed E-state index contributed by atoms with van der Waals surface area (Å²) in [6.45, 7) is 0.441. The molecule has 21 heavy (non-hydrogen) atoms. The molecule has 1 aliphatic carbocycles. The second kappa shape index (κ2) is 5.51. The van der Waals surface area contributed by atoms with Gasteiger partial charge in [0.1, 0.15) is 11.6 Å². The molecule has 0 aromatic carbocycles. The van der Waals surface area contributed by atoms with Gasteiger partial charge in [-0.3, -0.25) is 9.59 Å². The Morgan fingerprint density at radius 3 is 2.43 bits per heavy atom. The quantitative estimate of drug-likeness (QED) is 0.846. The van der Waals surface area contributed by atoms with Crippen LogP contribution in [-0.4, -0.2) is 64.9 Å². The molecule has 1 unspecified atom stereocenters. The summed E-state index contributed by atoms with van der Waals surface area (Å²) < 4.78 is 28.9. The Morgan fingerprint density at radius 1 is 1.38 bits per heavy atom. The van der Waals surface area contributed by atoms with Gasteiger partial charge in [0.05, 0.1) is 0 Å². The molecule has 0 bridgehead atoms. The van der Waals surface area contributed by atoms with E-state index < -0.39 is 23.5 Å². The fraction of sp³-hybridized carbons (Fsp3) is 0.857. The second-order valence-corrected chi connectivity index (χ2v) is 6.15. The van der Waals surface area contributed by atoms with Crippen molar-refractivity contribution in [2.45, 2.75) is 56.1 Å². The average Bonchev–Trinajstić information content (AvgIpc) is 2.78. The van der Waals surface area contributed by atoms with Crippen molar-refractivity contribution in [1.29, 1.82) is 0 Å². The molecule has 2 rings (SSSR count). The summed E-state index contributed by atoms with van der Waals surface area (Å²) in [6.07, 6.45) is 1.92. The minimum absolute atomic E-state index is 0.0852. The van der Waals surface area contributed by atoms with E-state index in [0.29, 0.717) is 25.8 Å².